The monoisotopic (exact) mass is 441 g/mol. The molecule has 0 aliphatic rings. The molecule has 0 saturated carbocycles. The maximum absolute atomic E-state index is 12.2. The molecule has 0 saturated heterocycles. The number of hydrogen-bond acceptors (Lipinski definition) is 5. The number of anilines is 1. The van der Waals surface area contributed by atoms with Gasteiger partial charge < -0.3 is 25.4 Å². The highest BCUT2D eigenvalue weighted by Gasteiger charge is 2.17. The van der Waals surface area contributed by atoms with Crippen molar-refractivity contribution < 1.29 is 23.9 Å². The van der Waals surface area contributed by atoms with Crippen molar-refractivity contribution in [3.05, 3.63) is 59.2 Å². The molecule has 0 aromatic heterocycles. The molecule has 2 aromatic rings. The number of carbonyl (C=O) groups excluding carboxylic acids is 3. The molecule has 0 spiro atoms. The Bertz CT molecular complexity index is 966. The lowest BCUT2D eigenvalue weighted by Crippen LogP contribution is -2.37. The van der Waals surface area contributed by atoms with Crippen LogP contribution in [0.4, 0.5) is 10.5 Å². The molecule has 0 aliphatic carbocycles. The molecule has 8 nitrogen and oxygen atoms in total. The van der Waals surface area contributed by atoms with Gasteiger partial charge in [-0.3, -0.25) is 9.59 Å². The largest absolute Gasteiger partial charge is 0.484 e. The smallest absolute Gasteiger partial charge is 0.408 e. The Morgan fingerprint density at radius 3 is 2.31 bits per heavy atom. The second kappa shape index (κ2) is 11.2. The number of ether oxygens (including phenoxy) is 2. The maximum atomic E-state index is 12.2. The van der Waals surface area contributed by atoms with Gasteiger partial charge in [0.25, 0.3) is 5.91 Å². The standard InChI is InChI=1S/C24H31N3O5/c1-16-10-11-19(12-17(16)2)31-15-22(29)25-13-18-8-6-7-9-20(18)27-21(28)14-26-23(30)32-24(3,4)5/h6-12H,13-15H2,1-5H3,(H,25,29)(H,26,30)(H,27,28). The summed E-state index contributed by atoms with van der Waals surface area (Å²) in [5.41, 5.74) is 2.86. The number of alkyl carbamates (subject to hydrolysis) is 1. The molecule has 0 fully saturated rings. The van der Waals surface area contributed by atoms with Crippen molar-refractivity contribution in [1.29, 1.82) is 0 Å². The Balaban J connectivity index is 1.83. The van der Waals surface area contributed by atoms with Gasteiger partial charge in [0, 0.05) is 12.2 Å². The molecule has 172 valence electrons. The van der Waals surface area contributed by atoms with Crippen LogP contribution in [0.3, 0.4) is 0 Å². The van der Waals surface area contributed by atoms with Crippen LogP contribution in [0.1, 0.15) is 37.5 Å². The van der Waals surface area contributed by atoms with Gasteiger partial charge in [-0.05, 0) is 69.5 Å². The van der Waals surface area contributed by atoms with Crippen molar-refractivity contribution in [2.24, 2.45) is 0 Å². The molecule has 3 N–H and O–H groups in total. The minimum Gasteiger partial charge on any atom is -0.484 e. The fourth-order valence-electron chi connectivity index (χ4n) is 2.65. The number of rotatable bonds is 8. The van der Waals surface area contributed by atoms with Gasteiger partial charge in [0.05, 0.1) is 0 Å². The summed E-state index contributed by atoms with van der Waals surface area (Å²) in [6.07, 6.45) is -0.669. The zero-order chi connectivity index (χ0) is 23.7. The Morgan fingerprint density at radius 1 is 0.906 bits per heavy atom. The predicted octanol–water partition coefficient (Wildman–Crippen LogP) is 3.46. The van der Waals surface area contributed by atoms with Crippen LogP contribution in [0.5, 0.6) is 5.75 Å². The summed E-state index contributed by atoms with van der Waals surface area (Å²) in [6, 6.07) is 12.7. The molecule has 0 aliphatic heterocycles. The van der Waals surface area contributed by atoms with Gasteiger partial charge >= 0.3 is 6.09 Å². The van der Waals surface area contributed by atoms with E-state index in [0.717, 1.165) is 16.7 Å². The summed E-state index contributed by atoms with van der Waals surface area (Å²) in [5.74, 6) is -0.0583. The normalized spacial score (nSPS) is 10.8. The van der Waals surface area contributed by atoms with Crippen molar-refractivity contribution in [2.45, 2.75) is 46.8 Å². The van der Waals surface area contributed by atoms with Crippen molar-refractivity contribution in [3.63, 3.8) is 0 Å². The number of para-hydroxylation sites is 1. The quantitative estimate of drug-likeness (QED) is 0.582. The molecule has 2 rings (SSSR count). The Labute approximate surface area is 188 Å². The maximum Gasteiger partial charge on any atom is 0.408 e. The molecular formula is C24H31N3O5. The topological polar surface area (TPSA) is 106 Å². The van der Waals surface area contributed by atoms with Crippen LogP contribution in [-0.4, -0.2) is 36.7 Å². The first-order chi connectivity index (χ1) is 15.0. The van der Waals surface area contributed by atoms with Gasteiger partial charge in [-0.25, -0.2) is 4.79 Å². The molecule has 0 unspecified atom stereocenters. The fourth-order valence-corrected chi connectivity index (χ4v) is 2.65. The Hall–Kier alpha value is -3.55. The van der Waals surface area contributed by atoms with Crippen LogP contribution < -0.4 is 20.7 Å². The fraction of sp³-hybridized carbons (Fsp3) is 0.375. The number of carbonyl (C=O) groups is 3. The van der Waals surface area contributed by atoms with Crippen LogP contribution in [0.25, 0.3) is 0 Å². The molecule has 3 amide bonds. The first-order valence-corrected chi connectivity index (χ1v) is 10.3. The van der Waals surface area contributed by atoms with Gasteiger partial charge in [-0.1, -0.05) is 24.3 Å². The van der Waals surface area contributed by atoms with Crippen LogP contribution in [0.15, 0.2) is 42.5 Å². The predicted molar refractivity (Wildman–Crippen MR) is 123 cm³/mol. The second-order valence-corrected chi connectivity index (χ2v) is 8.37. The first-order valence-electron chi connectivity index (χ1n) is 10.3. The van der Waals surface area contributed by atoms with E-state index in [9.17, 15) is 14.4 Å². The Kier molecular flexibility index (Phi) is 8.63. The summed E-state index contributed by atoms with van der Waals surface area (Å²) >= 11 is 0. The van der Waals surface area contributed by atoms with Crippen LogP contribution in [-0.2, 0) is 20.9 Å². The van der Waals surface area contributed by atoms with E-state index in [0.29, 0.717) is 11.4 Å². The third-order valence-electron chi connectivity index (χ3n) is 4.41. The molecule has 32 heavy (non-hydrogen) atoms. The number of hydrogen-bond donors (Lipinski definition) is 3. The summed E-state index contributed by atoms with van der Waals surface area (Å²) in [7, 11) is 0. The van der Waals surface area contributed by atoms with E-state index in [1.54, 1.807) is 39.0 Å². The molecule has 8 heteroatoms. The van der Waals surface area contributed by atoms with Crippen LogP contribution in [0.2, 0.25) is 0 Å². The minimum atomic E-state index is -0.669. The highest BCUT2D eigenvalue weighted by Crippen LogP contribution is 2.17. The molecule has 0 atom stereocenters. The highest BCUT2D eigenvalue weighted by molar-refractivity contribution is 5.94. The van der Waals surface area contributed by atoms with Gasteiger partial charge in [-0.15, -0.1) is 0 Å². The lowest BCUT2D eigenvalue weighted by atomic mass is 10.1. The number of benzene rings is 2. The van der Waals surface area contributed by atoms with E-state index in [2.05, 4.69) is 16.0 Å². The summed E-state index contributed by atoms with van der Waals surface area (Å²) in [5, 5.41) is 7.92. The van der Waals surface area contributed by atoms with Gasteiger partial charge in [-0.2, -0.15) is 0 Å². The van der Waals surface area contributed by atoms with E-state index < -0.39 is 17.6 Å². The van der Waals surface area contributed by atoms with Crippen molar-refractivity contribution >= 4 is 23.6 Å². The van der Waals surface area contributed by atoms with E-state index in [4.69, 9.17) is 9.47 Å². The lowest BCUT2D eigenvalue weighted by Gasteiger charge is -2.19. The van der Waals surface area contributed by atoms with Gasteiger partial charge in [0.1, 0.15) is 17.9 Å². The summed E-state index contributed by atoms with van der Waals surface area (Å²) in [6.45, 7) is 9.08. The molecular weight excluding hydrogens is 410 g/mol. The number of aryl methyl sites for hydroxylation is 2. The average molecular weight is 442 g/mol. The third kappa shape index (κ3) is 8.67. The number of amides is 3. The zero-order valence-corrected chi connectivity index (χ0v) is 19.2. The van der Waals surface area contributed by atoms with Crippen LogP contribution in [0, 0.1) is 13.8 Å². The minimum absolute atomic E-state index is 0.114. The first kappa shape index (κ1) is 24.7. The second-order valence-electron chi connectivity index (χ2n) is 8.37. The van der Waals surface area contributed by atoms with Crippen molar-refractivity contribution in [1.82, 2.24) is 10.6 Å². The van der Waals surface area contributed by atoms with Crippen LogP contribution >= 0.6 is 0 Å². The molecule has 0 heterocycles. The van der Waals surface area contributed by atoms with E-state index in [1.807, 2.05) is 38.1 Å². The van der Waals surface area contributed by atoms with E-state index >= 15 is 0 Å². The van der Waals surface area contributed by atoms with E-state index in [-0.39, 0.29) is 25.6 Å². The summed E-state index contributed by atoms with van der Waals surface area (Å²) in [4.78, 5) is 36.1. The lowest BCUT2D eigenvalue weighted by molar-refractivity contribution is -0.123. The average Bonchev–Trinajstić information content (AvgIpc) is 2.71. The Morgan fingerprint density at radius 2 is 1.62 bits per heavy atom. The van der Waals surface area contributed by atoms with E-state index in [1.165, 1.54) is 0 Å². The molecule has 2 aromatic carbocycles. The number of nitrogens with one attached hydrogen (secondary N) is 3. The highest BCUT2D eigenvalue weighted by atomic mass is 16.6. The zero-order valence-electron chi connectivity index (χ0n) is 19.2. The van der Waals surface area contributed by atoms with Crippen molar-refractivity contribution in [3.8, 4) is 5.75 Å². The van der Waals surface area contributed by atoms with Gasteiger partial charge in [0.15, 0.2) is 6.61 Å². The third-order valence-corrected chi connectivity index (χ3v) is 4.41. The summed E-state index contributed by atoms with van der Waals surface area (Å²) < 4.78 is 10.6. The SMILES string of the molecule is Cc1ccc(OCC(=O)NCc2ccccc2NC(=O)CNC(=O)OC(C)(C)C)cc1C. The molecule has 0 bridgehead atoms. The molecule has 0 radical (unpaired) electrons. The van der Waals surface area contributed by atoms with Gasteiger partial charge in [0.2, 0.25) is 5.91 Å². The van der Waals surface area contributed by atoms with Crippen molar-refractivity contribution in [2.75, 3.05) is 18.5 Å².